The van der Waals surface area contributed by atoms with Gasteiger partial charge in [0, 0.05) is 106 Å². The number of amides is 2. The molecule has 12 nitrogen and oxygen atoms in total. The third-order valence-corrected chi connectivity index (χ3v) is 11.6. The first kappa shape index (κ1) is 49.9. The summed E-state index contributed by atoms with van der Waals surface area (Å²) < 4.78 is 2.14. The van der Waals surface area contributed by atoms with Crippen molar-refractivity contribution in [3.05, 3.63) is 108 Å². The maximum absolute atomic E-state index is 12.5. The Hall–Kier alpha value is -4.44. The molecule has 1 heterocycles. The number of nitrogens with zero attached hydrogens (tertiary/aromatic N) is 4. The normalized spacial score (nSPS) is 11.8. The summed E-state index contributed by atoms with van der Waals surface area (Å²) in [5.74, 6) is 1.63. The van der Waals surface area contributed by atoms with E-state index in [0.29, 0.717) is 65.1 Å². The van der Waals surface area contributed by atoms with Crippen LogP contribution in [0.4, 0.5) is 11.4 Å². The molecule has 2 amide bonds. The van der Waals surface area contributed by atoms with Crippen molar-refractivity contribution in [1.29, 1.82) is 0 Å². The van der Waals surface area contributed by atoms with Gasteiger partial charge in [0.1, 0.15) is 6.54 Å². The van der Waals surface area contributed by atoms with E-state index >= 15 is 0 Å². The lowest BCUT2D eigenvalue weighted by Crippen LogP contribution is -2.37. The number of nitrogens with one attached hydrogen (secondary N) is 2. The number of aryl methyl sites for hydroxylation is 1. The van der Waals surface area contributed by atoms with Crippen molar-refractivity contribution in [2.75, 3.05) is 93.5 Å². The molecule has 0 unspecified atom stereocenters. The fourth-order valence-corrected chi connectivity index (χ4v) is 7.85. The Morgan fingerprint density at radius 1 is 0.683 bits per heavy atom. The van der Waals surface area contributed by atoms with Crippen LogP contribution in [0.3, 0.4) is 0 Å². The molecule has 0 aliphatic carbocycles. The predicted octanol–water partition coefficient (Wildman–Crippen LogP) is 5.02. The highest BCUT2D eigenvalue weighted by atomic mass is 33.1. The van der Waals surface area contributed by atoms with E-state index in [1.165, 1.54) is 0 Å². The van der Waals surface area contributed by atoms with Crippen LogP contribution in [-0.2, 0) is 16.1 Å². The van der Waals surface area contributed by atoms with E-state index in [1.54, 1.807) is 21.6 Å². The van der Waals surface area contributed by atoms with Crippen LogP contribution in [0.2, 0.25) is 0 Å². The summed E-state index contributed by atoms with van der Waals surface area (Å²) in [5.41, 5.74) is 5.85. The quantitative estimate of drug-likeness (QED) is 0.0224. The number of carbonyl (C=O) groups is 2. The van der Waals surface area contributed by atoms with Gasteiger partial charge in [-0.2, -0.15) is 4.57 Å². The van der Waals surface area contributed by atoms with Crippen molar-refractivity contribution in [1.82, 2.24) is 10.6 Å². The number of carbonyl (C=O) groups excluding carboxylic acids is 2. The molecule has 3 aromatic rings. The van der Waals surface area contributed by atoms with E-state index in [4.69, 9.17) is 4.99 Å². The number of anilines is 2. The van der Waals surface area contributed by atoms with Crippen LogP contribution in [-0.4, -0.2) is 122 Å². The summed E-state index contributed by atoms with van der Waals surface area (Å²) >= 11 is 0. The topological polar surface area (TPSA) is 162 Å². The molecule has 60 heavy (non-hydrogen) atoms. The minimum Gasteiger partial charge on any atom is -0.395 e. The maximum atomic E-state index is 12.5. The Balaban J connectivity index is 1.26. The van der Waals surface area contributed by atoms with Crippen molar-refractivity contribution in [3.8, 4) is 0 Å². The van der Waals surface area contributed by atoms with E-state index < -0.39 is 0 Å². The Labute approximate surface area is 364 Å². The molecule has 6 N–H and O–H groups in total. The number of benzene rings is 2. The van der Waals surface area contributed by atoms with Gasteiger partial charge in [0.15, 0.2) is 6.20 Å². The number of hydrogen-bond acceptors (Lipinski definition) is 11. The second-order valence-corrected chi connectivity index (χ2v) is 16.4. The number of aromatic nitrogens is 1. The third kappa shape index (κ3) is 20.7. The summed E-state index contributed by atoms with van der Waals surface area (Å²) in [6.07, 6.45) is 17.3. The minimum atomic E-state index is 0.0187. The van der Waals surface area contributed by atoms with Gasteiger partial charge in [-0.3, -0.25) is 14.6 Å². The van der Waals surface area contributed by atoms with Gasteiger partial charge in [0.25, 0.3) is 0 Å². The first-order chi connectivity index (χ1) is 29.4. The molecule has 0 aliphatic heterocycles. The fraction of sp³-hybridized carbons (Fsp3) is 0.435. The fourth-order valence-electron chi connectivity index (χ4n) is 6.04. The Morgan fingerprint density at radius 3 is 1.75 bits per heavy atom. The van der Waals surface area contributed by atoms with Crippen LogP contribution >= 0.6 is 21.6 Å². The van der Waals surface area contributed by atoms with Gasteiger partial charge in [-0.05, 0) is 72.5 Å². The zero-order valence-corrected chi connectivity index (χ0v) is 36.7. The van der Waals surface area contributed by atoms with Crippen molar-refractivity contribution in [2.24, 2.45) is 4.99 Å². The number of hydrogen-bond donors (Lipinski definition) is 6. The number of aliphatic hydroxyl groups excluding tert-OH is 4. The summed E-state index contributed by atoms with van der Waals surface area (Å²) in [5, 5.41) is 43.2. The number of aliphatic imine (C=N–C) groups is 1. The highest BCUT2D eigenvalue weighted by Crippen LogP contribution is 2.20. The van der Waals surface area contributed by atoms with E-state index in [0.717, 1.165) is 64.8 Å². The zero-order chi connectivity index (χ0) is 43.0. The zero-order valence-electron chi connectivity index (χ0n) is 35.0. The molecule has 3 rings (SSSR count). The molecular formula is C46H65N6O6S2+. The SMILES string of the molecule is CC/C=C\C(/C=C/c1ccc(N(CCO)CCO)cc1)=NCCCC(=O)NCCSSCCNC(=O)CCC[n+]1ccccc1C=Cc1ccc(N(CCO)CCO)cc1. The van der Waals surface area contributed by atoms with Gasteiger partial charge >= 0.3 is 0 Å². The molecular weight excluding hydrogens is 797 g/mol. The van der Waals surface area contributed by atoms with Crippen LogP contribution in [0.15, 0.2) is 96.1 Å². The van der Waals surface area contributed by atoms with Gasteiger partial charge in [-0.1, -0.05) is 64.9 Å². The molecule has 326 valence electrons. The Kier molecular flexibility index (Phi) is 26.2. The molecule has 0 aliphatic rings. The highest BCUT2D eigenvalue weighted by Gasteiger charge is 2.10. The average Bonchev–Trinajstić information content (AvgIpc) is 3.26. The molecule has 1 aromatic heterocycles. The van der Waals surface area contributed by atoms with Crippen LogP contribution < -0.4 is 25.0 Å². The molecule has 0 radical (unpaired) electrons. The standard InChI is InChI=1S/C46H64N6O6S2/c1-2-3-8-41(18-12-39-14-20-43(21-15-39)51(29-33-53)30-34-54)47-24-6-10-45(57)48-25-37-59-60-38-26-49-46(58)11-7-28-50-27-5-4-9-42(50)19-13-40-16-22-44(23-17-40)52(31-35-55)32-36-56/h3-5,8-9,12-23,27,53-56H,2,6-7,10-11,24-26,28-38H2,1H3,(H-,48,49,57,58)/p+1/b8-3-,18-12+,47-41?. The lowest BCUT2D eigenvalue weighted by molar-refractivity contribution is -0.698. The van der Waals surface area contributed by atoms with E-state index in [2.05, 4.69) is 46.4 Å². The van der Waals surface area contributed by atoms with Crippen molar-refractivity contribution >= 4 is 68.7 Å². The predicted molar refractivity (Wildman–Crippen MR) is 251 cm³/mol. The third-order valence-electron chi connectivity index (χ3n) is 9.15. The summed E-state index contributed by atoms with van der Waals surface area (Å²) in [6, 6.07) is 22.0. The minimum absolute atomic E-state index is 0.0187. The summed E-state index contributed by atoms with van der Waals surface area (Å²) in [7, 11) is 3.37. The Morgan fingerprint density at radius 2 is 1.22 bits per heavy atom. The highest BCUT2D eigenvalue weighted by molar-refractivity contribution is 8.76. The molecule has 0 saturated carbocycles. The molecule has 2 aromatic carbocycles. The molecule has 0 fully saturated rings. The van der Waals surface area contributed by atoms with Gasteiger partial charge in [0.2, 0.25) is 17.5 Å². The van der Waals surface area contributed by atoms with Crippen LogP contribution in [0.5, 0.6) is 0 Å². The lowest BCUT2D eigenvalue weighted by atomic mass is 10.1. The smallest absolute Gasteiger partial charge is 0.220 e. The van der Waals surface area contributed by atoms with E-state index in [9.17, 15) is 30.0 Å². The first-order valence-electron chi connectivity index (χ1n) is 20.9. The van der Waals surface area contributed by atoms with E-state index in [1.807, 2.05) is 94.9 Å². The van der Waals surface area contributed by atoms with Crippen LogP contribution in [0, 0.1) is 0 Å². The van der Waals surface area contributed by atoms with Gasteiger partial charge in [-0.25, -0.2) is 0 Å². The molecule has 0 bridgehead atoms. The maximum Gasteiger partial charge on any atom is 0.220 e. The van der Waals surface area contributed by atoms with Crippen molar-refractivity contribution in [3.63, 3.8) is 0 Å². The molecule has 14 heteroatoms. The molecule has 0 saturated heterocycles. The van der Waals surface area contributed by atoms with E-state index in [-0.39, 0.29) is 38.2 Å². The van der Waals surface area contributed by atoms with Gasteiger partial charge in [0.05, 0.1) is 32.1 Å². The van der Waals surface area contributed by atoms with Crippen LogP contribution in [0.1, 0.15) is 55.8 Å². The number of allylic oxidation sites excluding steroid dienone is 3. The van der Waals surface area contributed by atoms with Crippen molar-refractivity contribution < 1.29 is 34.6 Å². The number of aliphatic hydroxyl groups is 4. The second kappa shape index (κ2) is 31.4. The number of pyridine rings is 1. The lowest BCUT2D eigenvalue weighted by Gasteiger charge is -2.22. The van der Waals surface area contributed by atoms with Gasteiger partial charge in [-0.15, -0.1) is 0 Å². The Bertz CT molecular complexity index is 1760. The molecule has 0 spiro atoms. The largest absolute Gasteiger partial charge is 0.395 e. The number of rotatable bonds is 31. The molecule has 0 atom stereocenters. The first-order valence-corrected chi connectivity index (χ1v) is 23.4. The van der Waals surface area contributed by atoms with Gasteiger partial charge < -0.3 is 40.9 Å². The monoisotopic (exact) mass is 861 g/mol. The average molecular weight is 862 g/mol. The summed E-state index contributed by atoms with van der Waals surface area (Å²) in [6.45, 7) is 6.50. The van der Waals surface area contributed by atoms with Crippen LogP contribution in [0.25, 0.3) is 18.2 Å². The second-order valence-electron chi connectivity index (χ2n) is 13.7. The van der Waals surface area contributed by atoms with Crippen molar-refractivity contribution in [2.45, 2.75) is 45.6 Å². The summed E-state index contributed by atoms with van der Waals surface area (Å²) in [4.78, 5) is 33.5.